The van der Waals surface area contributed by atoms with Crippen LogP contribution in [-0.4, -0.2) is 44.3 Å². The molecule has 0 spiro atoms. The van der Waals surface area contributed by atoms with Crippen molar-refractivity contribution in [1.29, 1.82) is 0 Å². The van der Waals surface area contributed by atoms with E-state index in [4.69, 9.17) is 0 Å². The number of allylic oxidation sites excluding steroid dienone is 3. The maximum atomic E-state index is 10.9. The Labute approximate surface area is 206 Å². The average molecular weight is 471 g/mol. The lowest BCUT2D eigenvalue weighted by atomic mass is 9.60. The van der Waals surface area contributed by atoms with E-state index in [0.717, 1.165) is 43.3 Å². The first kappa shape index (κ1) is 27.2. The highest BCUT2D eigenvalue weighted by Crippen LogP contribution is 2.59. The first-order chi connectivity index (χ1) is 16.0. The van der Waals surface area contributed by atoms with Crippen molar-refractivity contribution in [3.63, 3.8) is 0 Å². The zero-order valence-corrected chi connectivity index (χ0v) is 21.7. The summed E-state index contributed by atoms with van der Waals surface area (Å²) in [5, 5.41) is 41.6. The van der Waals surface area contributed by atoms with Gasteiger partial charge in [-0.05, 0) is 85.7 Å². The molecule has 0 aliphatic heterocycles. The molecule has 4 heteroatoms. The summed E-state index contributed by atoms with van der Waals surface area (Å²) >= 11 is 0. The Kier molecular flexibility index (Phi) is 8.90. The smallest absolute Gasteiger partial charge is 0.117 e. The minimum atomic E-state index is -0.756. The van der Waals surface area contributed by atoms with E-state index in [1.807, 2.05) is 13.8 Å². The molecule has 0 amide bonds. The topological polar surface area (TPSA) is 80.9 Å². The summed E-state index contributed by atoms with van der Waals surface area (Å²) in [5.41, 5.74) is 2.53. The second-order valence-corrected chi connectivity index (χ2v) is 11.4. The monoisotopic (exact) mass is 470 g/mol. The van der Waals surface area contributed by atoms with E-state index in [-0.39, 0.29) is 11.3 Å². The fraction of sp³-hybridized carbons (Fsp3) is 0.733. The van der Waals surface area contributed by atoms with Crippen LogP contribution in [0.3, 0.4) is 0 Å². The van der Waals surface area contributed by atoms with Crippen LogP contribution in [0.25, 0.3) is 0 Å². The number of hydrogen-bond donors (Lipinski definition) is 4. The molecule has 7 atom stereocenters. The van der Waals surface area contributed by atoms with E-state index < -0.39 is 23.9 Å². The minimum absolute atomic E-state index is 0.0833. The van der Waals surface area contributed by atoms with Gasteiger partial charge in [0, 0.05) is 12.8 Å². The van der Waals surface area contributed by atoms with E-state index in [2.05, 4.69) is 44.4 Å². The van der Waals surface area contributed by atoms with Crippen LogP contribution in [-0.2, 0) is 0 Å². The van der Waals surface area contributed by atoms with E-state index >= 15 is 0 Å². The molecule has 0 bridgehead atoms. The molecular formula is C30H46O4. The van der Waals surface area contributed by atoms with Gasteiger partial charge in [-0.3, -0.25) is 0 Å². The molecule has 3 fully saturated rings. The third kappa shape index (κ3) is 5.71. The molecule has 0 heterocycles. The van der Waals surface area contributed by atoms with Crippen molar-refractivity contribution in [2.75, 3.05) is 0 Å². The van der Waals surface area contributed by atoms with Crippen LogP contribution in [0.15, 0.2) is 35.5 Å². The molecule has 0 unspecified atom stereocenters. The quantitative estimate of drug-likeness (QED) is 0.409. The van der Waals surface area contributed by atoms with Gasteiger partial charge in [-0.1, -0.05) is 63.8 Å². The lowest BCUT2D eigenvalue weighted by Gasteiger charge is -2.44. The second-order valence-electron chi connectivity index (χ2n) is 11.4. The fourth-order valence-corrected chi connectivity index (χ4v) is 6.78. The predicted molar refractivity (Wildman–Crippen MR) is 138 cm³/mol. The standard InChI is InChI=1S/C30H46O4/c1-6-30(34,7-2)17-9-11-27(32)21(4)25-14-15-26-22(10-8-16-29(25,26)5)12-13-23-18-24(31)19-28(33)20(23)3/h12-13,21,24-28,31-34H,3,6-8,10,14-19H2,1-2,4-5H3/b22-12+,23-13-/t21-,24-,25-,26+,27-,28+,29-/m1/s1. The van der Waals surface area contributed by atoms with Gasteiger partial charge in [0.25, 0.3) is 0 Å². The molecule has 0 aromatic carbocycles. The number of rotatable bonds is 6. The van der Waals surface area contributed by atoms with Crippen molar-refractivity contribution in [2.45, 2.75) is 116 Å². The van der Waals surface area contributed by atoms with Gasteiger partial charge >= 0.3 is 0 Å². The van der Waals surface area contributed by atoms with E-state index in [0.29, 0.717) is 43.9 Å². The highest BCUT2D eigenvalue weighted by atomic mass is 16.3. The van der Waals surface area contributed by atoms with Crippen LogP contribution in [0.2, 0.25) is 0 Å². The van der Waals surface area contributed by atoms with Crippen LogP contribution in [0, 0.1) is 35.0 Å². The Morgan fingerprint density at radius 3 is 2.59 bits per heavy atom. The fourth-order valence-electron chi connectivity index (χ4n) is 6.78. The largest absolute Gasteiger partial charge is 0.393 e. The summed E-state index contributed by atoms with van der Waals surface area (Å²) in [6, 6.07) is 0. The van der Waals surface area contributed by atoms with Gasteiger partial charge in [-0.15, -0.1) is 0 Å². The SMILES string of the molecule is C=C1/C(=C\C=C2/CCC[C@]3(C)[C@@H]([C@@H](C)[C@H](O)C#CCC(O)(CC)CC)CC[C@@H]23)C[C@@H](O)C[C@@H]1O. The predicted octanol–water partition coefficient (Wildman–Crippen LogP) is 5.07. The van der Waals surface area contributed by atoms with E-state index in [1.165, 1.54) is 5.57 Å². The van der Waals surface area contributed by atoms with Crippen LogP contribution in [0.4, 0.5) is 0 Å². The highest BCUT2D eigenvalue weighted by Gasteiger charge is 2.51. The number of aliphatic hydroxyl groups excluding tert-OH is 3. The maximum Gasteiger partial charge on any atom is 0.117 e. The van der Waals surface area contributed by atoms with Gasteiger partial charge in [0.05, 0.1) is 17.8 Å². The first-order valence-corrected chi connectivity index (χ1v) is 13.4. The molecule has 34 heavy (non-hydrogen) atoms. The van der Waals surface area contributed by atoms with Gasteiger partial charge in [-0.2, -0.15) is 0 Å². The molecule has 3 rings (SSSR count). The molecule has 4 nitrogen and oxygen atoms in total. The maximum absolute atomic E-state index is 10.9. The van der Waals surface area contributed by atoms with Crippen molar-refractivity contribution in [3.05, 3.63) is 35.5 Å². The van der Waals surface area contributed by atoms with E-state index in [1.54, 1.807) is 0 Å². The molecule has 3 aliphatic rings. The lowest BCUT2D eigenvalue weighted by Crippen LogP contribution is -2.39. The normalized spacial score (nSPS) is 36.2. The number of aliphatic hydroxyl groups is 4. The first-order valence-electron chi connectivity index (χ1n) is 13.4. The van der Waals surface area contributed by atoms with Crippen molar-refractivity contribution >= 4 is 0 Å². The average Bonchev–Trinajstić information content (AvgIpc) is 3.17. The van der Waals surface area contributed by atoms with Crippen molar-refractivity contribution in [1.82, 2.24) is 0 Å². The van der Waals surface area contributed by atoms with Crippen molar-refractivity contribution in [3.8, 4) is 11.8 Å². The molecular weight excluding hydrogens is 424 g/mol. The van der Waals surface area contributed by atoms with Gasteiger partial charge < -0.3 is 20.4 Å². The van der Waals surface area contributed by atoms with Gasteiger partial charge in [-0.25, -0.2) is 0 Å². The Balaban J connectivity index is 1.73. The molecule has 0 aromatic rings. The summed E-state index contributed by atoms with van der Waals surface area (Å²) in [4.78, 5) is 0. The zero-order valence-electron chi connectivity index (χ0n) is 21.7. The Hall–Kier alpha value is -1.38. The van der Waals surface area contributed by atoms with Crippen LogP contribution in [0.1, 0.15) is 91.9 Å². The molecule has 4 N–H and O–H groups in total. The Morgan fingerprint density at radius 1 is 1.21 bits per heavy atom. The summed E-state index contributed by atoms with van der Waals surface area (Å²) < 4.78 is 0. The highest BCUT2D eigenvalue weighted by molar-refractivity contribution is 5.38. The van der Waals surface area contributed by atoms with Crippen LogP contribution >= 0.6 is 0 Å². The van der Waals surface area contributed by atoms with Gasteiger partial charge in [0.1, 0.15) is 6.10 Å². The molecule has 3 saturated carbocycles. The van der Waals surface area contributed by atoms with Crippen LogP contribution in [0.5, 0.6) is 0 Å². The molecule has 3 aliphatic carbocycles. The summed E-state index contributed by atoms with van der Waals surface area (Å²) in [6.45, 7) is 12.5. The third-order valence-electron chi connectivity index (χ3n) is 9.42. The van der Waals surface area contributed by atoms with Gasteiger partial charge in [0.15, 0.2) is 0 Å². The number of fused-ring (bicyclic) bond motifs is 1. The van der Waals surface area contributed by atoms with Crippen molar-refractivity contribution in [2.24, 2.45) is 23.2 Å². The second kappa shape index (κ2) is 11.1. The summed E-state index contributed by atoms with van der Waals surface area (Å²) in [7, 11) is 0. The molecule has 0 saturated heterocycles. The van der Waals surface area contributed by atoms with Gasteiger partial charge in [0.2, 0.25) is 0 Å². The zero-order chi connectivity index (χ0) is 25.1. The number of hydrogen-bond acceptors (Lipinski definition) is 4. The van der Waals surface area contributed by atoms with E-state index in [9.17, 15) is 20.4 Å². The summed E-state index contributed by atoms with van der Waals surface area (Å²) in [5.74, 6) is 7.11. The molecule has 190 valence electrons. The molecule has 0 aromatic heterocycles. The third-order valence-corrected chi connectivity index (χ3v) is 9.42. The Morgan fingerprint density at radius 2 is 1.91 bits per heavy atom. The lowest BCUT2D eigenvalue weighted by molar-refractivity contribution is 0.0364. The Bertz CT molecular complexity index is 855. The minimum Gasteiger partial charge on any atom is -0.393 e. The van der Waals surface area contributed by atoms with Crippen LogP contribution < -0.4 is 0 Å². The van der Waals surface area contributed by atoms with Crippen molar-refractivity contribution < 1.29 is 20.4 Å². The summed E-state index contributed by atoms with van der Waals surface area (Å²) in [6.07, 6.45) is 10.7. The molecule has 0 radical (unpaired) electrons.